The van der Waals surface area contributed by atoms with Crippen molar-refractivity contribution in [3.8, 4) is 34.2 Å². The van der Waals surface area contributed by atoms with E-state index in [9.17, 15) is 34.0 Å². The molecule has 0 spiro atoms. The van der Waals surface area contributed by atoms with E-state index in [1.165, 1.54) is 47.0 Å². The molecule has 1 heterocycles. The number of carbonyl (C=O) groups is 1. The summed E-state index contributed by atoms with van der Waals surface area (Å²) in [5.74, 6) is -2.39. The summed E-state index contributed by atoms with van der Waals surface area (Å²) < 4.78 is 28.5. The monoisotopic (exact) mass is 543 g/mol. The number of azo groups is 1. The number of nitrogens with zero attached hydrogens (tertiary/aromatic N) is 3. The predicted octanol–water partition coefficient (Wildman–Crippen LogP) is 8.08. The van der Waals surface area contributed by atoms with E-state index >= 15 is 0 Å². The normalized spacial score (nSPS) is 11.6. The Morgan fingerprint density at radius 1 is 0.875 bits per heavy atom. The Morgan fingerprint density at radius 3 is 2.27 bits per heavy atom. The Hall–Kier alpha value is -5.25. The minimum absolute atomic E-state index is 0.0116. The molecule has 0 saturated carbocycles. The van der Waals surface area contributed by atoms with Gasteiger partial charge in [0.25, 0.3) is 6.43 Å². The highest BCUT2D eigenvalue weighted by Gasteiger charge is 2.21. The van der Waals surface area contributed by atoms with Crippen molar-refractivity contribution in [2.75, 3.05) is 0 Å². The van der Waals surface area contributed by atoms with Gasteiger partial charge in [-0.2, -0.15) is 0 Å². The van der Waals surface area contributed by atoms with Crippen LogP contribution in [0.25, 0.3) is 27.7 Å². The standard InChI is InChI=1S/C30H23F2N3O5/c1-15-10-16(2)12-19(11-15)35-24-14-18(28(31)32)6-8-21(24)26(29(35)38)34-33-23-5-3-4-20(27(23)37)17-7-9-25(36)22(13-17)30(39)40/h3-14,28,36-38H,1-2H3,(H,39,40). The van der Waals surface area contributed by atoms with Gasteiger partial charge in [-0.1, -0.05) is 30.3 Å². The van der Waals surface area contributed by atoms with Crippen molar-refractivity contribution >= 4 is 28.2 Å². The fourth-order valence-corrected chi connectivity index (χ4v) is 4.67. The van der Waals surface area contributed by atoms with Gasteiger partial charge in [0.05, 0.1) is 5.52 Å². The number of carboxylic acids is 1. The van der Waals surface area contributed by atoms with Crippen molar-refractivity contribution in [1.82, 2.24) is 4.57 Å². The Balaban J connectivity index is 1.65. The summed E-state index contributed by atoms with van der Waals surface area (Å²) in [6.45, 7) is 3.77. The van der Waals surface area contributed by atoms with Crippen molar-refractivity contribution < 1.29 is 34.0 Å². The van der Waals surface area contributed by atoms with Gasteiger partial charge in [-0.3, -0.25) is 4.57 Å². The summed E-state index contributed by atoms with van der Waals surface area (Å²) in [5, 5.41) is 50.0. The molecule has 0 aliphatic heterocycles. The summed E-state index contributed by atoms with van der Waals surface area (Å²) in [5.41, 5.74) is 2.70. The average molecular weight is 544 g/mol. The minimum Gasteiger partial charge on any atom is -0.507 e. The molecule has 202 valence electrons. The molecule has 4 N–H and O–H groups in total. The van der Waals surface area contributed by atoms with E-state index in [2.05, 4.69) is 10.2 Å². The van der Waals surface area contributed by atoms with Gasteiger partial charge in [0.15, 0.2) is 11.4 Å². The van der Waals surface area contributed by atoms with Gasteiger partial charge in [0.2, 0.25) is 5.88 Å². The molecule has 0 unspecified atom stereocenters. The van der Waals surface area contributed by atoms with Crippen LogP contribution in [0.1, 0.15) is 33.5 Å². The maximum Gasteiger partial charge on any atom is 0.339 e. The first-order valence-electron chi connectivity index (χ1n) is 12.1. The fourth-order valence-electron chi connectivity index (χ4n) is 4.67. The van der Waals surface area contributed by atoms with Crippen molar-refractivity contribution in [2.45, 2.75) is 20.3 Å². The number of halogens is 2. The Labute approximate surface area is 226 Å². The number of alkyl halides is 2. The number of phenolic OH excluding ortho intramolecular Hbond substituents is 1. The van der Waals surface area contributed by atoms with Crippen LogP contribution in [-0.4, -0.2) is 31.0 Å². The Morgan fingerprint density at radius 2 is 1.60 bits per heavy atom. The number of aromatic nitrogens is 1. The number of aryl methyl sites for hydroxylation is 2. The second-order valence-corrected chi connectivity index (χ2v) is 9.34. The number of benzene rings is 4. The van der Waals surface area contributed by atoms with E-state index in [1.807, 2.05) is 19.9 Å². The average Bonchev–Trinajstić information content (AvgIpc) is 3.18. The first-order chi connectivity index (χ1) is 19.0. The molecule has 8 nitrogen and oxygen atoms in total. The molecule has 0 bridgehead atoms. The molecule has 0 atom stereocenters. The number of hydrogen-bond acceptors (Lipinski definition) is 6. The molecule has 0 fully saturated rings. The van der Waals surface area contributed by atoms with Gasteiger partial charge in [0, 0.05) is 22.2 Å². The maximum absolute atomic E-state index is 13.6. The molecule has 10 heteroatoms. The number of hydrogen-bond donors (Lipinski definition) is 4. The summed E-state index contributed by atoms with van der Waals surface area (Å²) in [4.78, 5) is 11.4. The summed E-state index contributed by atoms with van der Waals surface area (Å²) in [6, 6.07) is 18.0. The van der Waals surface area contributed by atoms with E-state index in [4.69, 9.17) is 0 Å². The third kappa shape index (κ3) is 4.71. The zero-order valence-electron chi connectivity index (χ0n) is 21.3. The van der Waals surface area contributed by atoms with Crippen LogP contribution < -0.4 is 0 Å². The zero-order chi connectivity index (χ0) is 28.7. The second kappa shape index (κ2) is 10.1. The first-order valence-corrected chi connectivity index (χ1v) is 12.1. The number of aromatic carboxylic acids is 1. The molecule has 0 radical (unpaired) electrons. The highest BCUT2D eigenvalue weighted by molar-refractivity contribution is 5.97. The molecule has 4 aromatic carbocycles. The third-order valence-corrected chi connectivity index (χ3v) is 6.47. The summed E-state index contributed by atoms with van der Waals surface area (Å²) in [6.07, 6.45) is -2.72. The number of fused-ring (bicyclic) bond motifs is 1. The molecule has 1 aromatic heterocycles. The van der Waals surface area contributed by atoms with E-state index in [0.717, 1.165) is 11.1 Å². The lowest BCUT2D eigenvalue weighted by Gasteiger charge is -2.10. The number of phenols is 2. The van der Waals surface area contributed by atoms with Crippen LogP contribution in [0.2, 0.25) is 0 Å². The fraction of sp³-hybridized carbons (Fsp3) is 0.100. The molecular formula is C30H23F2N3O5. The highest BCUT2D eigenvalue weighted by Crippen LogP contribution is 2.44. The largest absolute Gasteiger partial charge is 0.507 e. The van der Waals surface area contributed by atoms with Crippen LogP contribution in [-0.2, 0) is 0 Å². The molecule has 5 rings (SSSR count). The van der Waals surface area contributed by atoms with Crippen molar-refractivity contribution in [2.24, 2.45) is 10.2 Å². The van der Waals surface area contributed by atoms with Gasteiger partial charge in [0.1, 0.15) is 17.0 Å². The lowest BCUT2D eigenvalue weighted by Crippen LogP contribution is -1.97. The lowest BCUT2D eigenvalue weighted by atomic mass is 10.0. The molecule has 0 amide bonds. The van der Waals surface area contributed by atoms with Gasteiger partial charge < -0.3 is 20.4 Å². The zero-order valence-corrected chi connectivity index (χ0v) is 21.3. The first kappa shape index (κ1) is 26.4. The third-order valence-electron chi connectivity index (χ3n) is 6.47. The number of para-hydroxylation sites is 1. The van der Waals surface area contributed by atoms with E-state index < -0.39 is 18.1 Å². The number of rotatable bonds is 6. The number of aromatic hydroxyl groups is 3. The van der Waals surface area contributed by atoms with E-state index in [0.29, 0.717) is 22.2 Å². The maximum atomic E-state index is 13.6. The van der Waals surface area contributed by atoms with Gasteiger partial charge >= 0.3 is 5.97 Å². The van der Waals surface area contributed by atoms with E-state index in [1.54, 1.807) is 24.3 Å². The summed E-state index contributed by atoms with van der Waals surface area (Å²) >= 11 is 0. The highest BCUT2D eigenvalue weighted by atomic mass is 19.3. The van der Waals surface area contributed by atoms with Crippen LogP contribution in [0.15, 0.2) is 83.0 Å². The van der Waals surface area contributed by atoms with Crippen LogP contribution in [0, 0.1) is 13.8 Å². The van der Waals surface area contributed by atoms with Crippen LogP contribution in [0.3, 0.4) is 0 Å². The van der Waals surface area contributed by atoms with Gasteiger partial charge in [-0.15, -0.1) is 10.2 Å². The van der Waals surface area contributed by atoms with Crippen LogP contribution in [0.4, 0.5) is 20.2 Å². The van der Waals surface area contributed by atoms with E-state index in [-0.39, 0.29) is 39.7 Å². The SMILES string of the molecule is Cc1cc(C)cc(-n2c(O)c(N=Nc3cccc(-c4ccc(O)c(C(=O)O)c4)c3O)c3ccc(C(F)F)cc32)c1. The van der Waals surface area contributed by atoms with Crippen molar-refractivity contribution in [3.63, 3.8) is 0 Å². The van der Waals surface area contributed by atoms with Gasteiger partial charge in [-0.25, -0.2) is 13.6 Å². The molecule has 40 heavy (non-hydrogen) atoms. The summed E-state index contributed by atoms with van der Waals surface area (Å²) in [7, 11) is 0. The topological polar surface area (TPSA) is 128 Å². The predicted molar refractivity (Wildman–Crippen MR) is 146 cm³/mol. The van der Waals surface area contributed by atoms with Crippen molar-refractivity contribution in [1.29, 1.82) is 0 Å². The second-order valence-electron chi connectivity index (χ2n) is 9.34. The quantitative estimate of drug-likeness (QED) is 0.161. The smallest absolute Gasteiger partial charge is 0.339 e. The molecule has 0 saturated heterocycles. The molecular weight excluding hydrogens is 520 g/mol. The van der Waals surface area contributed by atoms with Crippen LogP contribution >= 0.6 is 0 Å². The van der Waals surface area contributed by atoms with Crippen LogP contribution in [0.5, 0.6) is 17.4 Å². The minimum atomic E-state index is -2.72. The lowest BCUT2D eigenvalue weighted by molar-refractivity contribution is 0.0693. The Kier molecular flexibility index (Phi) is 6.68. The Bertz CT molecular complexity index is 1810. The van der Waals surface area contributed by atoms with Crippen molar-refractivity contribution in [3.05, 3.63) is 95.1 Å². The van der Waals surface area contributed by atoms with Gasteiger partial charge in [-0.05, 0) is 73.0 Å². The molecule has 0 aliphatic rings. The number of carboxylic acid groups (broad SMARTS) is 1. The molecule has 5 aromatic rings. The molecule has 0 aliphatic carbocycles.